The van der Waals surface area contributed by atoms with E-state index in [1.807, 2.05) is 0 Å². The van der Waals surface area contributed by atoms with Crippen LogP contribution >= 0.6 is 0 Å². The normalized spacial score (nSPS) is 9.77. The average molecular weight is 193 g/mol. The van der Waals surface area contributed by atoms with E-state index in [1.165, 1.54) is 0 Å². The third-order valence-corrected chi connectivity index (χ3v) is 1.32. The maximum Gasteiger partial charge on any atom is 0.294 e. The molecule has 0 aliphatic rings. The van der Waals surface area contributed by atoms with Gasteiger partial charge in [0.05, 0.1) is 6.04 Å². The summed E-state index contributed by atoms with van der Waals surface area (Å²) >= 11 is 0. The first kappa shape index (κ1) is 11.4. The average Bonchev–Trinajstić information content (AvgIpc) is 1.95. The second-order valence-electron chi connectivity index (χ2n) is 2.55. The topological polar surface area (TPSA) is 98.8 Å². The minimum atomic E-state index is -0.974. The second-order valence-corrected chi connectivity index (χ2v) is 2.55. The summed E-state index contributed by atoms with van der Waals surface area (Å²) in [5, 5.41) is 19.3. The van der Waals surface area contributed by atoms with Gasteiger partial charge in [0, 0.05) is 0 Å². The van der Waals surface area contributed by atoms with Crippen LogP contribution < -0.4 is 0 Å². The van der Waals surface area contributed by atoms with Crippen molar-refractivity contribution in [3.8, 4) is 0 Å². The van der Waals surface area contributed by atoms with E-state index in [1.54, 1.807) is 13.8 Å². The van der Waals surface area contributed by atoms with Gasteiger partial charge in [-0.1, -0.05) is 0 Å². The van der Waals surface area contributed by atoms with Crippen LogP contribution in [0.25, 0.3) is 0 Å². The monoisotopic (exact) mass is 193 g/mol. The Labute approximate surface area is 74.3 Å². The predicted molar refractivity (Wildman–Crippen MR) is 41.8 cm³/mol. The number of nitro groups is 1. The van der Waals surface area contributed by atoms with Crippen molar-refractivity contribution in [3.63, 3.8) is 0 Å². The van der Waals surface area contributed by atoms with Crippen molar-refractivity contribution < 1.29 is 15.0 Å². The standard InChI is InChI=1S/C5H11N3O5/c1-5(2)6(7(9)10)3-4-13-8(11)12/h5H,3-4H2,1-2H3. The molecule has 0 aliphatic carbocycles. The SMILES string of the molecule is CC(C)N(CCO[N+](=O)[O-])[N+](=O)[O-]. The van der Waals surface area contributed by atoms with Crippen LogP contribution in [0.4, 0.5) is 0 Å². The third kappa shape index (κ3) is 4.77. The molecule has 0 saturated carbocycles. The van der Waals surface area contributed by atoms with Gasteiger partial charge in [-0.3, -0.25) is 0 Å². The second kappa shape index (κ2) is 5.12. The lowest BCUT2D eigenvalue weighted by molar-refractivity contribution is -0.761. The van der Waals surface area contributed by atoms with E-state index in [0.717, 1.165) is 5.01 Å². The lowest BCUT2D eigenvalue weighted by atomic mass is 10.4. The molecule has 0 fully saturated rings. The molecular formula is C5H11N3O5. The summed E-state index contributed by atoms with van der Waals surface area (Å²) in [6.07, 6.45) is 0. The molecule has 0 N–H and O–H groups in total. The van der Waals surface area contributed by atoms with Crippen LogP contribution in [0.15, 0.2) is 0 Å². The highest BCUT2D eigenvalue weighted by molar-refractivity contribution is 4.49. The molecule has 0 heterocycles. The highest BCUT2D eigenvalue weighted by Crippen LogP contribution is 1.97. The minimum absolute atomic E-state index is 0.106. The predicted octanol–water partition coefficient (Wildman–Crippen LogP) is 0.0968. The van der Waals surface area contributed by atoms with Gasteiger partial charge in [-0.25, -0.2) is 10.1 Å². The fraction of sp³-hybridized carbons (Fsp3) is 1.00. The summed E-state index contributed by atoms with van der Waals surface area (Å²) in [6, 6.07) is -0.314. The Morgan fingerprint density at radius 2 is 1.92 bits per heavy atom. The highest BCUT2D eigenvalue weighted by atomic mass is 16.9. The van der Waals surface area contributed by atoms with Crippen molar-refractivity contribution >= 4 is 0 Å². The summed E-state index contributed by atoms with van der Waals surface area (Å²) in [5.41, 5.74) is 0. The van der Waals surface area contributed by atoms with E-state index < -0.39 is 10.1 Å². The Bertz CT molecular complexity index is 195. The lowest BCUT2D eigenvalue weighted by Crippen LogP contribution is -2.39. The Morgan fingerprint density at radius 1 is 1.38 bits per heavy atom. The van der Waals surface area contributed by atoms with Gasteiger partial charge in [-0.2, -0.15) is 0 Å². The number of hydrogen-bond acceptors (Lipinski definition) is 5. The van der Waals surface area contributed by atoms with Gasteiger partial charge in [0.15, 0.2) is 5.03 Å². The van der Waals surface area contributed by atoms with Crippen molar-refractivity contribution in [1.29, 1.82) is 0 Å². The van der Waals surface area contributed by atoms with E-state index >= 15 is 0 Å². The van der Waals surface area contributed by atoms with Crippen molar-refractivity contribution in [2.24, 2.45) is 0 Å². The largest absolute Gasteiger partial charge is 0.312 e. The molecule has 0 aliphatic heterocycles. The first-order chi connectivity index (χ1) is 5.95. The molecule has 0 aromatic carbocycles. The van der Waals surface area contributed by atoms with Gasteiger partial charge in [0.25, 0.3) is 5.09 Å². The van der Waals surface area contributed by atoms with Gasteiger partial charge in [-0.15, -0.1) is 15.1 Å². The lowest BCUT2D eigenvalue weighted by Gasteiger charge is -2.16. The van der Waals surface area contributed by atoms with Gasteiger partial charge in [0.1, 0.15) is 13.2 Å². The molecule has 0 saturated heterocycles. The summed E-state index contributed by atoms with van der Waals surface area (Å²) in [6.45, 7) is 2.84. The summed E-state index contributed by atoms with van der Waals surface area (Å²) in [5.74, 6) is 0. The first-order valence-electron chi connectivity index (χ1n) is 3.63. The van der Waals surface area contributed by atoms with Gasteiger partial charge in [0.2, 0.25) is 0 Å². The number of rotatable bonds is 6. The zero-order valence-corrected chi connectivity index (χ0v) is 7.37. The van der Waals surface area contributed by atoms with Gasteiger partial charge >= 0.3 is 0 Å². The maximum atomic E-state index is 10.3. The maximum absolute atomic E-state index is 10.3. The van der Waals surface area contributed by atoms with Crippen molar-refractivity contribution in [3.05, 3.63) is 20.2 Å². The number of hydrogen-bond donors (Lipinski definition) is 0. The van der Waals surface area contributed by atoms with Crippen LogP contribution in [-0.2, 0) is 4.84 Å². The smallest absolute Gasteiger partial charge is 0.294 e. The molecule has 0 atom stereocenters. The minimum Gasteiger partial charge on any atom is -0.312 e. The molecule has 0 amide bonds. The van der Waals surface area contributed by atoms with Gasteiger partial charge in [-0.05, 0) is 13.8 Å². The van der Waals surface area contributed by atoms with Crippen LogP contribution in [0.2, 0.25) is 0 Å². The quantitative estimate of drug-likeness (QED) is 0.438. The summed E-state index contributed by atoms with van der Waals surface area (Å²) in [7, 11) is 0. The summed E-state index contributed by atoms with van der Waals surface area (Å²) in [4.78, 5) is 24.0. The zero-order chi connectivity index (χ0) is 10.4. The van der Waals surface area contributed by atoms with Crippen LogP contribution in [0.1, 0.15) is 13.8 Å². The third-order valence-electron chi connectivity index (χ3n) is 1.32. The zero-order valence-electron chi connectivity index (χ0n) is 7.37. The molecule has 8 nitrogen and oxygen atoms in total. The molecule has 0 spiro atoms. The molecule has 8 heteroatoms. The Morgan fingerprint density at radius 3 is 2.23 bits per heavy atom. The van der Waals surface area contributed by atoms with E-state index in [2.05, 4.69) is 4.84 Å². The van der Waals surface area contributed by atoms with E-state index in [4.69, 9.17) is 0 Å². The molecule has 76 valence electrons. The van der Waals surface area contributed by atoms with Crippen LogP contribution in [0, 0.1) is 20.2 Å². The van der Waals surface area contributed by atoms with Crippen molar-refractivity contribution in [2.75, 3.05) is 13.2 Å². The highest BCUT2D eigenvalue weighted by Gasteiger charge is 2.18. The molecule has 0 aromatic heterocycles. The van der Waals surface area contributed by atoms with Crippen LogP contribution in [-0.4, -0.2) is 34.3 Å². The molecule has 0 radical (unpaired) electrons. The van der Waals surface area contributed by atoms with E-state index in [9.17, 15) is 20.2 Å². The molecule has 0 unspecified atom stereocenters. The molecule has 0 rings (SSSR count). The summed E-state index contributed by atoms with van der Waals surface area (Å²) < 4.78 is 0. The fourth-order valence-corrected chi connectivity index (χ4v) is 0.737. The Kier molecular flexibility index (Phi) is 4.49. The fourth-order valence-electron chi connectivity index (χ4n) is 0.737. The number of nitrogens with zero attached hydrogens (tertiary/aromatic N) is 3. The first-order valence-corrected chi connectivity index (χ1v) is 3.63. The van der Waals surface area contributed by atoms with E-state index in [0.29, 0.717) is 0 Å². The molecular weight excluding hydrogens is 182 g/mol. The molecule has 0 aromatic rings. The van der Waals surface area contributed by atoms with Crippen LogP contribution in [0.3, 0.4) is 0 Å². The number of hydrazine groups is 1. The van der Waals surface area contributed by atoms with E-state index in [-0.39, 0.29) is 19.2 Å². The Hall–Kier alpha value is -1.60. The molecule has 0 bridgehead atoms. The van der Waals surface area contributed by atoms with Crippen molar-refractivity contribution in [2.45, 2.75) is 19.9 Å². The molecule has 13 heavy (non-hydrogen) atoms. The van der Waals surface area contributed by atoms with Crippen LogP contribution in [0.5, 0.6) is 0 Å². The van der Waals surface area contributed by atoms with Gasteiger partial charge < -0.3 is 4.84 Å². The van der Waals surface area contributed by atoms with Crippen molar-refractivity contribution in [1.82, 2.24) is 5.01 Å². The Balaban J connectivity index is 3.84.